The Hall–Kier alpha value is -0.340. The van der Waals surface area contributed by atoms with Gasteiger partial charge in [-0.05, 0) is 13.3 Å². The molecule has 0 saturated heterocycles. The Bertz CT molecular complexity index is 78.6. The Morgan fingerprint density at radius 2 is 2.38 bits per heavy atom. The second kappa shape index (κ2) is 2.84. The molecule has 0 radical (unpaired) electrons. The molecule has 0 heterocycles. The topological polar surface area (TPSA) is 46.2 Å². The van der Waals surface area contributed by atoms with E-state index in [1.54, 1.807) is 13.0 Å². The molecule has 0 rings (SSSR count). The molecule has 48 valence electrons. The Balaban J connectivity index is 3.53. The summed E-state index contributed by atoms with van der Waals surface area (Å²) in [5.41, 5.74) is 5.03. The quantitative estimate of drug-likeness (QED) is 0.519. The molecule has 8 heavy (non-hydrogen) atoms. The Labute approximate surface area is 50.0 Å². The van der Waals surface area contributed by atoms with Crippen LogP contribution in [0.3, 0.4) is 0 Å². The van der Waals surface area contributed by atoms with Crippen molar-refractivity contribution in [3.8, 4) is 0 Å². The first-order valence-electron chi connectivity index (χ1n) is 2.63. The second-order valence-electron chi connectivity index (χ2n) is 2.30. The summed E-state index contributed by atoms with van der Waals surface area (Å²) in [7, 11) is 0. The summed E-state index contributed by atoms with van der Waals surface area (Å²) in [6.45, 7) is 5.30. The number of aliphatic hydroxyl groups excluding tert-OH is 1. The number of hydrogen-bond donors (Lipinski definition) is 2. The smallest absolute Gasteiger partial charge is 0.0611 e. The Morgan fingerprint density at radius 3 is 2.50 bits per heavy atom. The molecule has 0 aromatic carbocycles. The van der Waals surface area contributed by atoms with E-state index in [1.165, 1.54) is 0 Å². The predicted molar refractivity (Wildman–Crippen MR) is 34.5 cm³/mol. The molecule has 2 nitrogen and oxygen atoms in total. The van der Waals surface area contributed by atoms with Crippen molar-refractivity contribution in [1.82, 2.24) is 0 Å². The highest BCUT2D eigenvalue weighted by Crippen LogP contribution is 2.02. The summed E-state index contributed by atoms with van der Waals surface area (Å²) in [4.78, 5) is 0. The molecule has 0 aromatic rings. The van der Waals surface area contributed by atoms with Gasteiger partial charge in [0.1, 0.15) is 0 Å². The lowest BCUT2D eigenvalue weighted by molar-refractivity contribution is 0.210. The first-order chi connectivity index (χ1) is 3.62. The maximum atomic E-state index is 8.55. The highest BCUT2D eigenvalue weighted by atomic mass is 16.3. The third-order valence-corrected chi connectivity index (χ3v) is 0.972. The van der Waals surface area contributed by atoms with Crippen molar-refractivity contribution >= 4 is 0 Å². The summed E-state index contributed by atoms with van der Waals surface area (Å²) in [5.74, 6) is 0. The summed E-state index contributed by atoms with van der Waals surface area (Å²) in [5, 5.41) is 8.55. The molecule has 3 N–H and O–H groups in total. The van der Waals surface area contributed by atoms with Gasteiger partial charge < -0.3 is 10.8 Å². The molecule has 0 aliphatic rings. The van der Waals surface area contributed by atoms with Crippen molar-refractivity contribution in [1.29, 1.82) is 0 Å². The normalized spacial score (nSPS) is 17.4. The van der Waals surface area contributed by atoms with Gasteiger partial charge in [-0.3, -0.25) is 0 Å². The van der Waals surface area contributed by atoms with E-state index in [9.17, 15) is 0 Å². The molecule has 0 unspecified atom stereocenters. The van der Waals surface area contributed by atoms with E-state index in [-0.39, 0.29) is 6.61 Å². The van der Waals surface area contributed by atoms with Crippen LogP contribution >= 0.6 is 0 Å². The van der Waals surface area contributed by atoms with Gasteiger partial charge in [0.2, 0.25) is 0 Å². The molecule has 2 heteroatoms. The van der Waals surface area contributed by atoms with Gasteiger partial charge in [0.05, 0.1) is 6.61 Å². The SMILES string of the molecule is C=CC[C@@](C)(N)CO. The Morgan fingerprint density at radius 1 is 1.88 bits per heavy atom. The van der Waals surface area contributed by atoms with E-state index in [4.69, 9.17) is 10.8 Å². The van der Waals surface area contributed by atoms with E-state index in [2.05, 4.69) is 6.58 Å². The minimum absolute atomic E-state index is 0.0129. The van der Waals surface area contributed by atoms with Crippen LogP contribution in [0.25, 0.3) is 0 Å². The van der Waals surface area contributed by atoms with Crippen LogP contribution in [0.1, 0.15) is 13.3 Å². The zero-order valence-electron chi connectivity index (χ0n) is 5.22. The van der Waals surface area contributed by atoms with Crippen LogP contribution in [0.15, 0.2) is 12.7 Å². The first-order valence-corrected chi connectivity index (χ1v) is 2.63. The van der Waals surface area contributed by atoms with Crippen molar-refractivity contribution in [3.05, 3.63) is 12.7 Å². The monoisotopic (exact) mass is 115 g/mol. The predicted octanol–water partition coefficient (Wildman–Crippen LogP) is 0.272. The fourth-order valence-electron chi connectivity index (χ4n) is 0.394. The number of nitrogens with two attached hydrogens (primary N) is 1. The first kappa shape index (κ1) is 7.66. The Kier molecular flexibility index (Phi) is 2.72. The van der Waals surface area contributed by atoms with Crippen LogP contribution in [0.4, 0.5) is 0 Å². The maximum absolute atomic E-state index is 8.55. The van der Waals surface area contributed by atoms with Gasteiger partial charge in [-0.25, -0.2) is 0 Å². The van der Waals surface area contributed by atoms with Crippen LogP contribution in [0.2, 0.25) is 0 Å². The molecule has 0 aliphatic heterocycles. The zero-order chi connectivity index (χ0) is 6.62. The van der Waals surface area contributed by atoms with Crippen molar-refractivity contribution in [3.63, 3.8) is 0 Å². The van der Waals surface area contributed by atoms with E-state index in [1.807, 2.05) is 0 Å². The van der Waals surface area contributed by atoms with Crippen molar-refractivity contribution in [2.75, 3.05) is 6.61 Å². The van der Waals surface area contributed by atoms with Crippen LogP contribution in [-0.4, -0.2) is 17.3 Å². The van der Waals surface area contributed by atoms with Gasteiger partial charge in [-0.15, -0.1) is 6.58 Å². The van der Waals surface area contributed by atoms with Gasteiger partial charge in [-0.1, -0.05) is 6.08 Å². The van der Waals surface area contributed by atoms with E-state index < -0.39 is 5.54 Å². The summed E-state index contributed by atoms with van der Waals surface area (Å²) < 4.78 is 0. The van der Waals surface area contributed by atoms with E-state index in [0.29, 0.717) is 6.42 Å². The van der Waals surface area contributed by atoms with Gasteiger partial charge >= 0.3 is 0 Å². The number of rotatable bonds is 3. The largest absolute Gasteiger partial charge is 0.394 e. The fourth-order valence-corrected chi connectivity index (χ4v) is 0.394. The highest BCUT2D eigenvalue weighted by molar-refractivity contribution is 4.85. The molecule has 0 saturated carbocycles. The molecule has 0 fully saturated rings. The highest BCUT2D eigenvalue weighted by Gasteiger charge is 2.13. The summed E-state index contributed by atoms with van der Waals surface area (Å²) in [6.07, 6.45) is 2.36. The maximum Gasteiger partial charge on any atom is 0.0611 e. The van der Waals surface area contributed by atoms with Crippen molar-refractivity contribution in [2.45, 2.75) is 18.9 Å². The third kappa shape index (κ3) is 2.77. The van der Waals surface area contributed by atoms with Gasteiger partial charge in [0, 0.05) is 5.54 Å². The molecular weight excluding hydrogens is 102 g/mol. The van der Waals surface area contributed by atoms with Crippen LogP contribution in [0, 0.1) is 0 Å². The number of hydrogen-bond acceptors (Lipinski definition) is 2. The summed E-state index contributed by atoms with van der Waals surface area (Å²) >= 11 is 0. The lowest BCUT2D eigenvalue weighted by Gasteiger charge is -2.18. The average molecular weight is 115 g/mol. The van der Waals surface area contributed by atoms with Crippen molar-refractivity contribution < 1.29 is 5.11 Å². The standard InChI is InChI=1S/C6H13NO/c1-3-4-6(2,7)5-8/h3,8H,1,4-5,7H2,2H3/t6-/m1/s1. The van der Waals surface area contributed by atoms with Gasteiger partial charge in [0.15, 0.2) is 0 Å². The van der Waals surface area contributed by atoms with Gasteiger partial charge in [0.25, 0.3) is 0 Å². The molecule has 1 atom stereocenters. The number of aliphatic hydroxyl groups is 1. The minimum atomic E-state index is -0.470. The molecule has 0 aromatic heterocycles. The molecular formula is C6H13NO. The molecule has 0 amide bonds. The zero-order valence-corrected chi connectivity index (χ0v) is 5.22. The van der Waals surface area contributed by atoms with Crippen molar-refractivity contribution in [2.24, 2.45) is 5.73 Å². The second-order valence-corrected chi connectivity index (χ2v) is 2.30. The molecule has 0 aliphatic carbocycles. The lowest BCUT2D eigenvalue weighted by Crippen LogP contribution is -2.39. The minimum Gasteiger partial charge on any atom is -0.394 e. The fraction of sp³-hybridized carbons (Fsp3) is 0.667. The van der Waals surface area contributed by atoms with Crippen LogP contribution in [0.5, 0.6) is 0 Å². The third-order valence-electron chi connectivity index (χ3n) is 0.972. The molecule has 0 bridgehead atoms. The van der Waals surface area contributed by atoms with Gasteiger partial charge in [-0.2, -0.15) is 0 Å². The average Bonchev–Trinajstić information content (AvgIpc) is 1.67. The summed E-state index contributed by atoms with van der Waals surface area (Å²) in [6, 6.07) is 0. The van der Waals surface area contributed by atoms with Crippen LogP contribution in [-0.2, 0) is 0 Å². The van der Waals surface area contributed by atoms with E-state index >= 15 is 0 Å². The molecule has 0 spiro atoms. The lowest BCUT2D eigenvalue weighted by atomic mass is 10.0. The van der Waals surface area contributed by atoms with E-state index in [0.717, 1.165) is 0 Å². The van der Waals surface area contributed by atoms with Crippen LogP contribution < -0.4 is 5.73 Å².